The molecule has 142 valence electrons. The van der Waals surface area contributed by atoms with Crippen molar-refractivity contribution < 1.29 is 9.50 Å². The first kappa shape index (κ1) is 22.1. The van der Waals surface area contributed by atoms with E-state index < -0.39 is 0 Å². The summed E-state index contributed by atoms with van der Waals surface area (Å²) in [6.45, 7) is 6.90. The third-order valence-electron chi connectivity index (χ3n) is 4.21. The van der Waals surface area contributed by atoms with Crippen molar-refractivity contribution in [2.45, 2.75) is 38.8 Å². The number of halogens is 2. The summed E-state index contributed by atoms with van der Waals surface area (Å²) in [4.78, 5) is 6.83. The Bertz CT molecular complexity index is 522. The highest BCUT2D eigenvalue weighted by Gasteiger charge is 2.15. The molecule has 0 atom stereocenters. The quantitative estimate of drug-likeness (QED) is 0.251. The van der Waals surface area contributed by atoms with Gasteiger partial charge >= 0.3 is 0 Å². The predicted molar refractivity (Wildman–Crippen MR) is 111 cm³/mol. The molecule has 1 heterocycles. The van der Waals surface area contributed by atoms with Crippen molar-refractivity contribution in [2.75, 3.05) is 32.7 Å². The van der Waals surface area contributed by atoms with Gasteiger partial charge in [-0.3, -0.25) is 0 Å². The number of aliphatic hydroxyl groups is 1. The Kier molecular flexibility index (Phi) is 11.0. The Labute approximate surface area is 167 Å². The Hall–Kier alpha value is -0.930. The van der Waals surface area contributed by atoms with E-state index in [0.717, 1.165) is 57.9 Å². The van der Waals surface area contributed by atoms with E-state index >= 15 is 0 Å². The van der Waals surface area contributed by atoms with Crippen LogP contribution in [0.25, 0.3) is 0 Å². The number of rotatable bonds is 7. The third kappa shape index (κ3) is 8.33. The van der Waals surface area contributed by atoms with E-state index in [2.05, 4.69) is 20.5 Å². The van der Waals surface area contributed by atoms with Crippen LogP contribution in [0.5, 0.6) is 0 Å². The lowest BCUT2D eigenvalue weighted by molar-refractivity contribution is 0.0823. The van der Waals surface area contributed by atoms with Gasteiger partial charge < -0.3 is 20.6 Å². The number of nitrogens with zero attached hydrogens (tertiary/aromatic N) is 2. The van der Waals surface area contributed by atoms with Gasteiger partial charge in [-0.2, -0.15) is 0 Å². The van der Waals surface area contributed by atoms with Crippen molar-refractivity contribution in [3.05, 3.63) is 35.6 Å². The second-order valence-electron chi connectivity index (χ2n) is 6.14. The minimum absolute atomic E-state index is 0. The zero-order valence-corrected chi connectivity index (χ0v) is 17.2. The molecule has 1 aliphatic heterocycles. The molecule has 2 rings (SSSR count). The molecule has 1 saturated heterocycles. The van der Waals surface area contributed by atoms with Gasteiger partial charge in [-0.15, -0.1) is 24.0 Å². The normalized spacial score (nSPS) is 16.4. The largest absolute Gasteiger partial charge is 0.393 e. The van der Waals surface area contributed by atoms with Gasteiger partial charge in [0.15, 0.2) is 5.96 Å². The number of benzene rings is 1. The van der Waals surface area contributed by atoms with Gasteiger partial charge in [0.25, 0.3) is 0 Å². The average molecular weight is 464 g/mol. The highest BCUT2D eigenvalue weighted by Crippen LogP contribution is 2.10. The molecule has 1 aromatic carbocycles. The van der Waals surface area contributed by atoms with E-state index in [4.69, 9.17) is 0 Å². The molecule has 1 aromatic rings. The lowest BCUT2D eigenvalue weighted by Crippen LogP contribution is -2.40. The number of nitrogens with one attached hydrogen (secondary N) is 2. The van der Waals surface area contributed by atoms with Crippen LogP contribution in [0.4, 0.5) is 4.39 Å². The molecule has 5 nitrogen and oxygen atoms in total. The van der Waals surface area contributed by atoms with E-state index in [1.54, 1.807) is 12.1 Å². The van der Waals surface area contributed by atoms with Crippen LogP contribution >= 0.6 is 24.0 Å². The van der Waals surface area contributed by atoms with Gasteiger partial charge in [-0.1, -0.05) is 18.2 Å². The lowest BCUT2D eigenvalue weighted by Gasteiger charge is -2.29. The van der Waals surface area contributed by atoms with Crippen LogP contribution < -0.4 is 10.6 Å². The van der Waals surface area contributed by atoms with Crippen molar-refractivity contribution in [1.29, 1.82) is 0 Å². The third-order valence-corrected chi connectivity index (χ3v) is 4.21. The summed E-state index contributed by atoms with van der Waals surface area (Å²) < 4.78 is 13.6. The Morgan fingerprint density at radius 1 is 1.28 bits per heavy atom. The number of piperidine rings is 1. The van der Waals surface area contributed by atoms with Crippen molar-refractivity contribution >= 4 is 29.9 Å². The molecule has 0 spiro atoms. The molecule has 0 bridgehead atoms. The fourth-order valence-corrected chi connectivity index (χ4v) is 2.78. The van der Waals surface area contributed by atoms with Crippen molar-refractivity contribution in [1.82, 2.24) is 15.5 Å². The number of aliphatic hydroxyl groups excluding tert-OH is 1. The molecular formula is C18H30FIN4O. The summed E-state index contributed by atoms with van der Waals surface area (Å²) >= 11 is 0. The SMILES string of the molecule is CCNC(=NCc1ccccc1F)NCCCN1CCC(O)CC1.I. The number of aliphatic imine (C=N–C) groups is 1. The van der Waals surface area contributed by atoms with Crippen LogP contribution in [0.3, 0.4) is 0 Å². The summed E-state index contributed by atoms with van der Waals surface area (Å²) in [7, 11) is 0. The number of likely N-dealkylation sites (tertiary alicyclic amines) is 1. The molecule has 0 unspecified atom stereocenters. The van der Waals surface area contributed by atoms with Crippen LogP contribution in [0, 0.1) is 5.82 Å². The van der Waals surface area contributed by atoms with Crippen LogP contribution in [-0.2, 0) is 6.54 Å². The van der Waals surface area contributed by atoms with Gasteiger partial charge in [0.05, 0.1) is 12.6 Å². The Balaban J connectivity index is 0.00000312. The van der Waals surface area contributed by atoms with E-state index in [-0.39, 0.29) is 35.9 Å². The van der Waals surface area contributed by atoms with Crippen molar-refractivity contribution in [3.63, 3.8) is 0 Å². The first-order chi connectivity index (χ1) is 11.7. The minimum atomic E-state index is -0.218. The van der Waals surface area contributed by atoms with Crippen molar-refractivity contribution in [2.24, 2.45) is 4.99 Å². The van der Waals surface area contributed by atoms with Gasteiger partial charge in [-0.05, 0) is 38.8 Å². The number of hydrogen-bond acceptors (Lipinski definition) is 3. The summed E-state index contributed by atoms with van der Waals surface area (Å²) in [6, 6.07) is 6.73. The fraction of sp³-hybridized carbons (Fsp3) is 0.611. The van der Waals surface area contributed by atoms with Gasteiger partial charge in [-0.25, -0.2) is 9.38 Å². The summed E-state index contributed by atoms with van der Waals surface area (Å²) in [5.74, 6) is 0.499. The lowest BCUT2D eigenvalue weighted by atomic mass is 10.1. The summed E-state index contributed by atoms with van der Waals surface area (Å²) in [5, 5.41) is 16.0. The molecule has 1 aliphatic rings. The molecule has 0 amide bonds. The number of guanidine groups is 1. The zero-order chi connectivity index (χ0) is 17.2. The predicted octanol–water partition coefficient (Wildman–Crippen LogP) is 2.35. The molecule has 25 heavy (non-hydrogen) atoms. The monoisotopic (exact) mass is 464 g/mol. The Morgan fingerprint density at radius 3 is 2.68 bits per heavy atom. The maximum atomic E-state index is 13.6. The molecule has 3 N–H and O–H groups in total. The van der Waals surface area contributed by atoms with Crippen LogP contribution in [0.1, 0.15) is 31.7 Å². The standard InChI is InChI=1S/C18H29FN4O.HI/c1-2-20-18(22-14-15-6-3-4-7-17(15)19)21-10-5-11-23-12-8-16(24)9-13-23;/h3-4,6-7,16,24H,2,5,8-14H2,1H3,(H2,20,21,22);1H. The highest BCUT2D eigenvalue weighted by atomic mass is 127. The minimum Gasteiger partial charge on any atom is -0.393 e. The molecule has 0 aliphatic carbocycles. The second-order valence-corrected chi connectivity index (χ2v) is 6.14. The molecule has 0 aromatic heterocycles. The topological polar surface area (TPSA) is 59.9 Å². The molecule has 0 radical (unpaired) electrons. The highest BCUT2D eigenvalue weighted by molar-refractivity contribution is 14.0. The van der Waals surface area contributed by atoms with Gasteiger partial charge in [0.2, 0.25) is 0 Å². The van der Waals surface area contributed by atoms with Crippen LogP contribution in [-0.4, -0.2) is 54.8 Å². The molecular weight excluding hydrogens is 434 g/mol. The molecule has 7 heteroatoms. The average Bonchev–Trinajstić information content (AvgIpc) is 2.59. The van der Waals surface area contributed by atoms with E-state index in [1.165, 1.54) is 6.07 Å². The van der Waals surface area contributed by atoms with E-state index in [9.17, 15) is 9.50 Å². The maximum absolute atomic E-state index is 13.6. The first-order valence-electron chi connectivity index (χ1n) is 8.85. The Morgan fingerprint density at radius 2 is 2.00 bits per heavy atom. The molecule has 1 fully saturated rings. The smallest absolute Gasteiger partial charge is 0.191 e. The fourth-order valence-electron chi connectivity index (χ4n) is 2.78. The molecule has 0 saturated carbocycles. The van der Waals surface area contributed by atoms with Crippen LogP contribution in [0.2, 0.25) is 0 Å². The number of hydrogen-bond donors (Lipinski definition) is 3. The van der Waals surface area contributed by atoms with E-state index in [1.807, 2.05) is 13.0 Å². The summed E-state index contributed by atoms with van der Waals surface area (Å²) in [6.07, 6.45) is 2.64. The maximum Gasteiger partial charge on any atom is 0.191 e. The van der Waals surface area contributed by atoms with Crippen molar-refractivity contribution in [3.8, 4) is 0 Å². The second kappa shape index (κ2) is 12.4. The summed E-state index contributed by atoms with van der Waals surface area (Å²) in [5.41, 5.74) is 0.599. The zero-order valence-electron chi connectivity index (χ0n) is 14.9. The van der Waals surface area contributed by atoms with E-state index in [0.29, 0.717) is 12.1 Å². The van der Waals surface area contributed by atoms with Gasteiger partial charge in [0.1, 0.15) is 5.82 Å². The van der Waals surface area contributed by atoms with Crippen LogP contribution in [0.15, 0.2) is 29.3 Å². The van der Waals surface area contributed by atoms with Gasteiger partial charge in [0, 0.05) is 31.7 Å². The first-order valence-corrected chi connectivity index (χ1v) is 8.85.